The van der Waals surface area contributed by atoms with Gasteiger partial charge in [-0.05, 0) is 38.6 Å². The molecule has 0 bridgehead atoms. The fraction of sp³-hybridized carbons (Fsp3) is 0.706. The Kier molecular flexibility index (Phi) is 6.61. The molecule has 2 rings (SSSR count). The molecule has 0 amide bonds. The molecule has 1 aromatic rings. The molecule has 21 heavy (non-hydrogen) atoms. The number of likely N-dealkylation sites (N-methyl/N-ethyl adjacent to an activating group) is 1. The highest BCUT2D eigenvalue weighted by Gasteiger charge is 2.18. The molecular weight excluding hydrogens is 262 g/mol. The molecule has 0 radical (unpaired) electrons. The fourth-order valence-corrected chi connectivity index (χ4v) is 2.67. The first kappa shape index (κ1) is 16.4. The van der Waals surface area contributed by atoms with Crippen LogP contribution in [0.3, 0.4) is 0 Å². The lowest BCUT2D eigenvalue weighted by Crippen LogP contribution is -2.39. The quantitative estimate of drug-likeness (QED) is 0.838. The summed E-state index contributed by atoms with van der Waals surface area (Å²) in [5.74, 6) is 0. The number of ether oxygens (including phenoxy) is 1. The number of likely N-dealkylation sites (tertiary alicyclic amines) is 1. The zero-order chi connectivity index (χ0) is 15.1. The maximum Gasteiger partial charge on any atom is 0.0888 e. The van der Waals surface area contributed by atoms with Gasteiger partial charge in [-0.25, -0.2) is 0 Å². The van der Waals surface area contributed by atoms with Crippen molar-refractivity contribution >= 4 is 0 Å². The summed E-state index contributed by atoms with van der Waals surface area (Å²) in [5.41, 5.74) is 2.11. The highest BCUT2D eigenvalue weighted by molar-refractivity contribution is 5.10. The van der Waals surface area contributed by atoms with Crippen LogP contribution >= 0.6 is 0 Å². The van der Waals surface area contributed by atoms with Gasteiger partial charge in [-0.1, -0.05) is 26.3 Å². The molecule has 4 heteroatoms. The van der Waals surface area contributed by atoms with E-state index in [1.807, 2.05) is 6.07 Å². The highest BCUT2D eigenvalue weighted by atomic mass is 16.5. The second-order valence-corrected chi connectivity index (χ2v) is 6.30. The normalized spacial score (nSPS) is 20.1. The molecule has 0 aromatic carbocycles. The van der Waals surface area contributed by atoms with Crippen LogP contribution in [0.2, 0.25) is 0 Å². The van der Waals surface area contributed by atoms with Crippen LogP contribution in [0.5, 0.6) is 0 Å². The SMILES string of the molecule is CC(C)NCc1cccc(COCC2CCCCN2C)n1. The lowest BCUT2D eigenvalue weighted by Gasteiger charge is -2.32. The molecule has 1 unspecified atom stereocenters. The van der Waals surface area contributed by atoms with Crippen molar-refractivity contribution in [2.75, 3.05) is 20.2 Å². The van der Waals surface area contributed by atoms with E-state index < -0.39 is 0 Å². The molecule has 0 saturated carbocycles. The zero-order valence-electron chi connectivity index (χ0n) is 13.6. The lowest BCUT2D eigenvalue weighted by atomic mass is 10.0. The summed E-state index contributed by atoms with van der Waals surface area (Å²) in [6.45, 7) is 7.73. The van der Waals surface area contributed by atoms with Crippen molar-refractivity contribution in [2.45, 2.75) is 58.3 Å². The second kappa shape index (κ2) is 8.47. The molecule has 0 spiro atoms. The largest absolute Gasteiger partial charge is 0.374 e. The van der Waals surface area contributed by atoms with E-state index in [4.69, 9.17) is 4.74 Å². The van der Waals surface area contributed by atoms with E-state index >= 15 is 0 Å². The smallest absolute Gasteiger partial charge is 0.0888 e. The summed E-state index contributed by atoms with van der Waals surface area (Å²) in [6, 6.07) is 7.23. The van der Waals surface area contributed by atoms with Crippen molar-refractivity contribution in [3.05, 3.63) is 29.6 Å². The zero-order valence-corrected chi connectivity index (χ0v) is 13.6. The van der Waals surface area contributed by atoms with Gasteiger partial charge >= 0.3 is 0 Å². The highest BCUT2D eigenvalue weighted by Crippen LogP contribution is 2.15. The number of aromatic nitrogens is 1. The predicted molar refractivity (Wildman–Crippen MR) is 86.1 cm³/mol. The first-order valence-electron chi connectivity index (χ1n) is 8.11. The molecule has 1 aromatic heterocycles. The summed E-state index contributed by atoms with van der Waals surface area (Å²) in [6.07, 6.45) is 3.90. The number of nitrogens with one attached hydrogen (secondary N) is 1. The van der Waals surface area contributed by atoms with Crippen LogP contribution in [0.4, 0.5) is 0 Å². The summed E-state index contributed by atoms with van der Waals surface area (Å²) < 4.78 is 5.89. The van der Waals surface area contributed by atoms with E-state index in [9.17, 15) is 0 Å². The van der Waals surface area contributed by atoms with Gasteiger partial charge in [0.25, 0.3) is 0 Å². The van der Waals surface area contributed by atoms with Crippen LogP contribution in [0, 0.1) is 0 Å². The van der Waals surface area contributed by atoms with E-state index in [0.29, 0.717) is 18.7 Å². The Morgan fingerprint density at radius 2 is 2.14 bits per heavy atom. The number of hydrogen-bond donors (Lipinski definition) is 1. The summed E-state index contributed by atoms with van der Waals surface area (Å²) >= 11 is 0. The number of rotatable bonds is 7. The molecule has 0 aliphatic carbocycles. The van der Waals surface area contributed by atoms with Crippen molar-refractivity contribution in [1.82, 2.24) is 15.2 Å². The van der Waals surface area contributed by atoms with Gasteiger partial charge in [0, 0.05) is 18.6 Å². The Balaban J connectivity index is 1.76. The number of hydrogen-bond acceptors (Lipinski definition) is 4. The van der Waals surface area contributed by atoms with Crippen LogP contribution in [0.15, 0.2) is 18.2 Å². The van der Waals surface area contributed by atoms with Crippen LogP contribution in [-0.2, 0) is 17.9 Å². The molecule has 1 aliphatic rings. The Morgan fingerprint density at radius 3 is 2.90 bits per heavy atom. The number of nitrogens with zero attached hydrogens (tertiary/aromatic N) is 2. The number of pyridine rings is 1. The maximum atomic E-state index is 5.89. The average Bonchev–Trinajstić information content (AvgIpc) is 2.48. The van der Waals surface area contributed by atoms with Gasteiger partial charge in [-0.3, -0.25) is 4.98 Å². The maximum absolute atomic E-state index is 5.89. The van der Waals surface area contributed by atoms with Crippen LogP contribution in [0.1, 0.15) is 44.5 Å². The molecule has 2 heterocycles. The molecular formula is C17H29N3O. The second-order valence-electron chi connectivity index (χ2n) is 6.30. The molecule has 1 aliphatic heterocycles. The molecule has 1 fully saturated rings. The Morgan fingerprint density at radius 1 is 1.33 bits per heavy atom. The minimum absolute atomic E-state index is 0.480. The summed E-state index contributed by atoms with van der Waals surface area (Å²) in [5, 5.41) is 3.39. The molecule has 118 valence electrons. The Labute approximate surface area is 128 Å². The van der Waals surface area contributed by atoms with Gasteiger partial charge in [0.1, 0.15) is 0 Å². The molecule has 1 N–H and O–H groups in total. The third-order valence-electron chi connectivity index (χ3n) is 4.04. The van der Waals surface area contributed by atoms with Crippen molar-refractivity contribution < 1.29 is 4.74 Å². The van der Waals surface area contributed by atoms with E-state index in [1.165, 1.54) is 25.8 Å². The van der Waals surface area contributed by atoms with Crippen molar-refractivity contribution in [3.63, 3.8) is 0 Å². The van der Waals surface area contributed by atoms with Crippen molar-refractivity contribution in [3.8, 4) is 0 Å². The first-order chi connectivity index (χ1) is 10.1. The topological polar surface area (TPSA) is 37.4 Å². The van der Waals surface area contributed by atoms with Gasteiger partial charge in [-0.15, -0.1) is 0 Å². The van der Waals surface area contributed by atoms with E-state index in [-0.39, 0.29) is 0 Å². The standard InChI is InChI=1S/C17H29N3O/c1-14(2)18-11-15-7-6-8-16(19-15)12-21-13-17-9-4-5-10-20(17)3/h6-8,14,17-18H,4-5,9-13H2,1-3H3. The van der Waals surface area contributed by atoms with Gasteiger partial charge in [-0.2, -0.15) is 0 Å². The third-order valence-corrected chi connectivity index (χ3v) is 4.04. The summed E-state index contributed by atoms with van der Waals surface area (Å²) in [4.78, 5) is 7.06. The van der Waals surface area contributed by atoms with E-state index in [2.05, 4.69) is 48.2 Å². The van der Waals surface area contributed by atoms with Crippen LogP contribution in [0.25, 0.3) is 0 Å². The van der Waals surface area contributed by atoms with E-state index in [0.717, 1.165) is 24.5 Å². The Hall–Kier alpha value is -0.970. The minimum Gasteiger partial charge on any atom is -0.374 e. The Bertz CT molecular complexity index is 422. The molecule has 4 nitrogen and oxygen atoms in total. The van der Waals surface area contributed by atoms with Crippen molar-refractivity contribution in [2.24, 2.45) is 0 Å². The molecule has 1 saturated heterocycles. The molecule has 1 atom stereocenters. The summed E-state index contributed by atoms with van der Waals surface area (Å²) in [7, 11) is 2.20. The minimum atomic E-state index is 0.480. The first-order valence-corrected chi connectivity index (χ1v) is 8.11. The number of piperidine rings is 1. The lowest BCUT2D eigenvalue weighted by molar-refractivity contribution is 0.0430. The van der Waals surface area contributed by atoms with Gasteiger partial charge < -0.3 is 15.0 Å². The van der Waals surface area contributed by atoms with Crippen molar-refractivity contribution in [1.29, 1.82) is 0 Å². The fourth-order valence-electron chi connectivity index (χ4n) is 2.67. The van der Waals surface area contributed by atoms with Crippen LogP contribution < -0.4 is 5.32 Å². The van der Waals surface area contributed by atoms with Crippen LogP contribution in [-0.4, -0.2) is 42.2 Å². The van der Waals surface area contributed by atoms with Gasteiger partial charge in [0.2, 0.25) is 0 Å². The van der Waals surface area contributed by atoms with E-state index in [1.54, 1.807) is 0 Å². The van der Waals surface area contributed by atoms with Gasteiger partial charge in [0.05, 0.1) is 24.6 Å². The average molecular weight is 291 g/mol. The third kappa shape index (κ3) is 5.73. The predicted octanol–water partition coefficient (Wildman–Crippen LogP) is 2.58. The monoisotopic (exact) mass is 291 g/mol. The van der Waals surface area contributed by atoms with Gasteiger partial charge in [0.15, 0.2) is 0 Å².